The number of hydrogen-bond acceptors (Lipinski definition) is 1. The van der Waals surface area contributed by atoms with Crippen LogP contribution >= 0.6 is 0 Å². The van der Waals surface area contributed by atoms with E-state index in [1.165, 1.54) is 45.2 Å². The third kappa shape index (κ3) is 7.08. The number of anilines is 3. The highest BCUT2D eigenvalue weighted by molar-refractivity contribution is 6.98. The quantitative estimate of drug-likeness (QED) is 0.139. The van der Waals surface area contributed by atoms with Gasteiger partial charge in [0.1, 0.15) is 0 Å². The fourth-order valence-electron chi connectivity index (χ4n) is 13.2. The maximum absolute atomic E-state index is 14.9. The van der Waals surface area contributed by atoms with Crippen LogP contribution in [0.2, 0.25) is 0 Å². The summed E-state index contributed by atoms with van der Waals surface area (Å²) in [6.07, 6.45) is -4.54. The number of hydrogen-bond donors (Lipinski definition) is 0. The fraction of sp³-hybridized carbons (Fsp3) is 0.143. The molecule has 3 aromatic heterocycles. The zero-order valence-corrected chi connectivity index (χ0v) is 44.4. The molecule has 0 fully saturated rings. The highest BCUT2D eigenvalue weighted by Crippen LogP contribution is 2.51. The molecular weight excluding hydrogens is 965 g/mol. The summed E-state index contributed by atoms with van der Waals surface area (Å²) in [7, 11) is 0. The highest BCUT2D eigenvalue weighted by Gasteiger charge is 2.39. The van der Waals surface area contributed by atoms with E-state index in [1.54, 1.807) is 0 Å². The van der Waals surface area contributed by atoms with Gasteiger partial charge in [0.25, 0.3) is 0 Å². The normalized spacial score (nSPS) is 13.0. The topological polar surface area (TPSA) is 18.0 Å². The largest absolute Gasteiger partial charge is 0.416 e. The lowest BCUT2D eigenvalue weighted by atomic mass is 9.33. The van der Waals surface area contributed by atoms with Gasteiger partial charge in [-0.1, -0.05) is 180 Å². The number of para-hydroxylation sites is 6. The van der Waals surface area contributed by atoms with Gasteiger partial charge in [-0.2, -0.15) is 13.2 Å². The van der Waals surface area contributed by atoms with Crippen LogP contribution in [0.4, 0.5) is 30.2 Å². The Morgan fingerprint density at radius 1 is 0.372 bits per heavy atom. The van der Waals surface area contributed by atoms with E-state index in [0.717, 1.165) is 99.9 Å². The monoisotopic (exact) mass is 1020 g/mol. The summed E-state index contributed by atoms with van der Waals surface area (Å²) in [5.74, 6) is 0.933. The van der Waals surface area contributed by atoms with Crippen LogP contribution in [0, 0.1) is 0 Å². The molecule has 10 aromatic carbocycles. The Kier molecular flexibility index (Phi) is 11.0. The molecule has 380 valence electrons. The first-order valence-corrected chi connectivity index (χ1v) is 27.3. The van der Waals surface area contributed by atoms with Gasteiger partial charge in [-0.25, -0.2) is 0 Å². The number of benzene rings is 10. The van der Waals surface area contributed by atoms with Gasteiger partial charge in [0.15, 0.2) is 0 Å². The predicted molar refractivity (Wildman–Crippen MR) is 323 cm³/mol. The van der Waals surface area contributed by atoms with Crippen molar-refractivity contribution < 1.29 is 13.2 Å². The van der Waals surface area contributed by atoms with Crippen LogP contribution in [0.3, 0.4) is 0 Å². The van der Waals surface area contributed by atoms with Crippen LogP contribution in [-0.2, 0) is 6.18 Å². The van der Waals surface area contributed by atoms with Gasteiger partial charge >= 0.3 is 6.18 Å². The maximum atomic E-state index is 14.9. The summed E-state index contributed by atoms with van der Waals surface area (Å²) in [6, 6.07) is 73.4. The van der Waals surface area contributed by atoms with E-state index in [9.17, 15) is 13.2 Å². The molecule has 0 radical (unpaired) electrons. The molecule has 1 aliphatic rings. The molecule has 1 aliphatic heterocycles. The molecule has 78 heavy (non-hydrogen) atoms. The van der Waals surface area contributed by atoms with Crippen LogP contribution in [0.1, 0.15) is 81.5 Å². The molecule has 0 atom stereocenters. The van der Waals surface area contributed by atoms with E-state index < -0.39 is 11.7 Å². The molecular formula is C70H56BF3N4. The molecule has 0 unspecified atom stereocenters. The number of halogens is 3. The second-order valence-corrected chi connectivity index (χ2v) is 22.1. The Labute approximate surface area is 452 Å². The Hall–Kier alpha value is -8.75. The Balaban J connectivity index is 1.18. The lowest BCUT2D eigenvalue weighted by molar-refractivity contribution is -0.137. The minimum Gasteiger partial charge on any atom is -0.311 e. The average Bonchev–Trinajstić information content (AvgIpc) is 3.61. The summed E-state index contributed by atoms with van der Waals surface area (Å²) < 4.78 is 51.4. The number of fused-ring (bicyclic) bond motifs is 14. The lowest BCUT2D eigenvalue weighted by Gasteiger charge is -2.39. The molecule has 0 saturated carbocycles. The number of alkyl halides is 3. The van der Waals surface area contributed by atoms with Crippen molar-refractivity contribution in [1.29, 1.82) is 0 Å². The van der Waals surface area contributed by atoms with Gasteiger partial charge in [0, 0.05) is 66.4 Å². The first-order chi connectivity index (χ1) is 37.9. The van der Waals surface area contributed by atoms with Crippen molar-refractivity contribution in [2.75, 3.05) is 4.90 Å². The minimum absolute atomic E-state index is 0.0716. The smallest absolute Gasteiger partial charge is 0.311 e. The second kappa shape index (κ2) is 17.9. The van der Waals surface area contributed by atoms with Crippen molar-refractivity contribution in [3.8, 4) is 17.1 Å². The first kappa shape index (κ1) is 47.7. The van der Waals surface area contributed by atoms with E-state index in [-0.39, 0.29) is 18.5 Å². The van der Waals surface area contributed by atoms with Gasteiger partial charge in [0.2, 0.25) is 6.71 Å². The van der Waals surface area contributed by atoms with Crippen LogP contribution in [0.5, 0.6) is 0 Å². The zero-order chi connectivity index (χ0) is 53.3. The Morgan fingerprint density at radius 2 is 0.808 bits per heavy atom. The van der Waals surface area contributed by atoms with Crippen LogP contribution in [0.25, 0.3) is 82.5 Å². The van der Waals surface area contributed by atoms with Crippen molar-refractivity contribution in [3.63, 3.8) is 0 Å². The molecule has 0 aliphatic carbocycles. The van der Waals surface area contributed by atoms with Gasteiger partial charge in [-0.3, -0.25) is 0 Å². The molecule has 8 heteroatoms. The summed E-state index contributed by atoms with van der Waals surface area (Å²) in [5, 5.41) is 6.03. The number of nitrogens with zero attached hydrogens (tertiary/aromatic N) is 4. The molecule has 0 bridgehead atoms. The van der Waals surface area contributed by atoms with Crippen LogP contribution in [0.15, 0.2) is 212 Å². The summed E-state index contributed by atoms with van der Waals surface area (Å²) in [5.41, 5.74) is 18.7. The third-order valence-corrected chi connectivity index (χ3v) is 16.6. The van der Waals surface area contributed by atoms with Crippen LogP contribution < -0.4 is 21.3 Å². The summed E-state index contributed by atoms with van der Waals surface area (Å²) >= 11 is 0. The molecule has 14 rings (SSSR count). The second-order valence-electron chi connectivity index (χ2n) is 22.1. The van der Waals surface area contributed by atoms with Gasteiger partial charge < -0.3 is 18.6 Å². The lowest BCUT2D eigenvalue weighted by Crippen LogP contribution is -2.59. The van der Waals surface area contributed by atoms with Crippen molar-refractivity contribution in [1.82, 2.24) is 13.7 Å². The van der Waals surface area contributed by atoms with Crippen LogP contribution in [-0.4, -0.2) is 20.4 Å². The predicted octanol–water partition coefficient (Wildman–Crippen LogP) is 17.7. The Bertz CT molecular complexity index is 4510. The first-order valence-electron chi connectivity index (χ1n) is 27.3. The van der Waals surface area contributed by atoms with Crippen molar-refractivity contribution >= 4 is 106 Å². The third-order valence-electron chi connectivity index (χ3n) is 16.6. The van der Waals surface area contributed by atoms with E-state index >= 15 is 0 Å². The molecule has 0 saturated heterocycles. The SMILES string of the molecule is CC(C)c1cc(C(C)C)c(B2c3ccccc3N(c3ccccc3)c3cc(-n4c5ccccc5c5c6c(c7ccccc7n6-c6cccc(C(F)(F)F)c6)c6c(c7ccccc7n6-c6ccccc6)c54)ccc32)c(C(C)C)c1. The standard InChI is InChI=1S/C70H56BF3N4/c1-42(2)45-38-54(43(3)4)66(55(39-45)44(5)6)71-56-31-16-20-35-61(56)75(47-23-9-7-10-24-47)62-41-50(36-37-57(62)71)78-60-34-19-15-30-53(60)65-68-64(52-29-14-18-33-59(52)77(68)49-27-21-22-46(40-49)70(72,73)74)67-63(69(65)78)51-28-13-17-32-58(51)76(67)48-25-11-8-12-26-48/h7-44H,1-6H3. The van der Waals surface area contributed by atoms with Gasteiger partial charge in [0.05, 0.1) is 38.7 Å². The summed E-state index contributed by atoms with van der Waals surface area (Å²) in [4.78, 5) is 2.45. The Morgan fingerprint density at radius 3 is 1.32 bits per heavy atom. The maximum Gasteiger partial charge on any atom is 0.416 e. The van der Waals surface area contributed by atoms with Crippen molar-refractivity contribution in [2.24, 2.45) is 0 Å². The van der Waals surface area contributed by atoms with E-state index in [4.69, 9.17) is 0 Å². The van der Waals surface area contributed by atoms with Crippen molar-refractivity contribution in [2.45, 2.75) is 65.5 Å². The molecule has 13 aromatic rings. The fourth-order valence-corrected chi connectivity index (χ4v) is 13.2. The van der Waals surface area contributed by atoms with E-state index in [2.05, 4.69) is 224 Å². The van der Waals surface area contributed by atoms with Gasteiger partial charge in [-0.15, -0.1) is 0 Å². The minimum atomic E-state index is -4.54. The molecule has 4 heterocycles. The molecule has 0 amide bonds. The molecule has 4 nitrogen and oxygen atoms in total. The average molecular weight is 1020 g/mol. The molecule has 0 N–H and O–H groups in total. The number of aromatic nitrogens is 3. The summed E-state index contributed by atoms with van der Waals surface area (Å²) in [6.45, 7) is 13.9. The zero-order valence-electron chi connectivity index (χ0n) is 44.4. The van der Waals surface area contributed by atoms with E-state index in [1.807, 2.05) is 30.3 Å². The van der Waals surface area contributed by atoms with Crippen molar-refractivity contribution in [3.05, 3.63) is 235 Å². The van der Waals surface area contributed by atoms with Gasteiger partial charge in [-0.05, 0) is 124 Å². The number of rotatable bonds is 8. The molecule has 0 spiro atoms. The highest BCUT2D eigenvalue weighted by atomic mass is 19.4. The van der Waals surface area contributed by atoms with E-state index in [0.29, 0.717) is 11.6 Å².